The van der Waals surface area contributed by atoms with Crippen LogP contribution in [0.2, 0.25) is 0 Å². The van der Waals surface area contributed by atoms with Crippen molar-refractivity contribution in [3.63, 3.8) is 0 Å². The molecule has 0 fully saturated rings. The van der Waals surface area contributed by atoms with Gasteiger partial charge in [0.05, 0.1) is 11.0 Å². The fourth-order valence-corrected chi connectivity index (χ4v) is 10.3. The summed E-state index contributed by atoms with van der Waals surface area (Å²) in [4.78, 5) is 2.34. The van der Waals surface area contributed by atoms with Crippen molar-refractivity contribution in [1.82, 2.24) is 4.57 Å². The van der Waals surface area contributed by atoms with E-state index in [1.54, 1.807) is 0 Å². The minimum Gasteiger partial charge on any atom is -0.311 e. The standard InChI is InChI=1S/C56H36N2S/c1-2-13-41(14-3-1)57(43-32-26-39(27-33-43)50-34-40-12-4-5-15-45(40)46-16-6-7-17-47(46)50)42-28-22-37(23-29-42)38-24-30-44(31-25-38)58-53-20-10-8-18-48(53)51-36-56-52(35-54(51)58)49-19-9-11-21-55(49)59-56/h1-36H. The van der Waals surface area contributed by atoms with Gasteiger partial charge in [0.2, 0.25) is 0 Å². The summed E-state index contributed by atoms with van der Waals surface area (Å²) in [5, 5.41) is 10.3. The molecule has 0 spiro atoms. The van der Waals surface area contributed by atoms with E-state index in [9.17, 15) is 0 Å². The van der Waals surface area contributed by atoms with Gasteiger partial charge in [0.15, 0.2) is 0 Å². The van der Waals surface area contributed by atoms with E-state index >= 15 is 0 Å². The molecule has 0 atom stereocenters. The number of rotatable bonds is 6. The Kier molecular flexibility index (Phi) is 7.75. The molecule has 0 aliphatic heterocycles. The number of para-hydroxylation sites is 2. The van der Waals surface area contributed by atoms with Crippen LogP contribution in [0.25, 0.3) is 91.5 Å². The SMILES string of the molecule is c1ccc(N(c2ccc(-c3ccc(-n4c5ccccc5c5cc6sc7ccccc7c6cc54)cc3)cc2)c2ccc(-c3cc4ccccc4c4ccccc34)cc2)cc1. The summed E-state index contributed by atoms with van der Waals surface area (Å²) in [6.45, 7) is 0. The number of anilines is 3. The van der Waals surface area contributed by atoms with E-state index in [1.165, 1.54) is 85.8 Å². The summed E-state index contributed by atoms with van der Waals surface area (Å²) in [6, 6.07) is 79.8. The lowest BCUT2D eigenvalue weighted by Crippen LogP contribution is -2.09. The number of aromatic nitrogens is 1. The molecule has 2 nitrogen and oxygen atoms in total. The van der Waals surface area contributed by atoms with E-state index in [-0.39, 0.29) is 0 Å². The molecule has 10 aromatic carbocycles. The molecule has 0 saturated heterocycles. The van der Waals surface area contributed by atoms with Crippen LogP contribution in [0.3, 0.4) is 0 Å². The van der Waals surface area contributed by atoms with Crippen molar-refractivity contribution in [3.8, 4) is 27.9 Å². The predicted octanol–water partition coefficient (Wildman–Crippen LogP) is 16.3. The van der Waals surface area contributed by atoms with Crippen molar-refractivity contribution in [3.05, 3.63) is 218 Å². The summed E-state index contributed by atoms with van der Waals surface area (Å²) in [5.74, 6) is 0. The lowest BCUT2D eigenvalue weighted by atomic mass is 9.93. The first-order chi connectivity index (χ1) is 29.2. The Morgan fingerprint density at radius 3 is 1.63 bits per heavy atom. The maximum atomic E-state index is 2.43. The van der Waals surface area contributed by atoms with Gasteiger partial charge in [0.1, 0.15) is 0 Å². The van der Waals surface area contributed by atoms with Crippen LogP contribution in [0.1, 0.15) is 0 Å². The van der Waals surface area contributed by atoms with Crippen molar-refractivity contribution in [2.45, 2.75) is 0 Å². The third-order valence-corrected chi connectivity index (χ3v) is 13.1. The molecule has 2 heterocycles. The van der Waals surface area contributed by atoms with Crippen LogP contribution in [0.4, 0.5) is 17.1 Å². The normalized spacial score (nSPS) is 11.7. The van der Waals surface area contributed by atoms with Crippen LogP contribution >= 0.6 is 11.3 Å². The predicted molar refractivity (Wildman–Crippen MR) is 254 cm³/mol. The Bertz CT molecular complexity index is 3520. The van der Waals surface area contributed by atoms with Crippen molar-refractivity contribution in [2.24, 2.45) is 0 Å². The highest BCUT2D eigenvalue weighted by Gasteiger charge is 2.17. The fraction of sp³-hybridized carbons (Fsp3) is 0. The van der Waals surface area contributed by atoms with E-state index < -0.39 is 0 Å². The summed E-state index contributed by atoms with van der Waals surface area (Å²) in [5.41, 5.74) is 11.8. The van der Waals surface area contributed by atoms with E-state index in [4.69, 9.17) is 0 Å². The van der Waals surface area contributed by atoms with Gasteiger partial charge in [-0.3, -0.25) is 0 Å². The average Bonchev–Trinajstić information content (AvgIpc) is 3.84. The Morgan fingerprint density at radius 2 is 0.881 bits per heavy atom. The van der Waals surface area contributed by atoms with E-state index in [1.807, 2.05) is 11.3 Å². The largest absolute Gasteiger partial charge is 0.311 e. The second-order valence-electron chi connectivity index (χ2n) is 15.3. The van der Waals surface area contributed by atoms with Crippen molar-refractivity contribution in [1.29, 1.82) is 0 Å². The smallest absolute Gasteiger partial charge is 0.0548 e. The zero-order chi connectivity index (χ0) is 38.9. The van der Waals surface area contributed by atoms with Crippen molar-refractivity contribution in [2.75, 3.05) is 4.90 Å². The molecule has 0 unspecified atom stereocenters. The number of nitrogens with zero attached hydrogens (tertiary/aromatic N) is 2. The van der Waals surface area contributed by atoms with Crippen LogP contribution in [0.5, 0.6) is 0 Å². The molecular formula is C56H36N2S. The van der Waals surface area contributed by atoms with Gasteiger partial charge < -0.3 is 9.47 Å². The maximum absolute atomic E-state index is 2.43. The molecule has 0 radical (unpaired) electrons. The highest BCUT2D eigenvalue weighted by Crippen LogP contribution is 2.42. The zero-order valence-corrected chi connectivity index (χ0v) is 32.9. The van der Waals surface area contributed by atoms with E-state index in [0.717, 1.165) is 22.7 Å². The quantitative estimate of drug-likeness (QED) is 0.153. The fourth-order valence-electron chi connectivity index (χ4n) is 9.18. The second-order valence-corrected chi connectivity index (χ2v) is 16.4. The molecule has 0 aliphatic rings. The summed E-state index contributed by atoms with van der Waals surface area (Å²) in [7, 11) is 0. The van der Waals surface area contributed by atoms with Gasteiger partial charge in [0.25, 0.3) is 0 Å². The van der Waals surface area contributed by atoms with Crippen LogP contribution in [-0.4, -0.2) is 4.57 Å². The van der Waals surface area contributed by atoms with E-state index in [0.29, 0.717) is 0 Å². The lowest BCUT2D eigenvalue weighted by Gasteiger charge is -2.26. The lowest BCUT2D eigenvalue weighted by molar-refractivity contribution is 1.18. The molecule has 3 heteroatoms. The molecule has 0 N–H and O–H groups in total. The molecular weight excluding hydrogens is 733 g/mol. The van der Waals surface area contributed by atoms with Crippen molar-refractivity contribution < 1.29 is 0 Å². The topological polar surface area (TPSA) is 8.17 Å². The number of hydrogen-bond acceptors (Lipinski definition) is 2. The minimum atomic E-state index is 1.11. The van der Waals surface area contributed by atoms with Gasteiger partial charge in [0, 0.05) is 53.7 Å². The maximum Gasteiger partial charge on any atom is 0.0548 e. The molecule has 276 valence electrons. The van der Waals surface area contributed by atoms with E-state index in [2.05, 4.69) is 228 Å². The third kappa shape index (κ3) is 5.55. The molecule has 59 heavy (non-hydrogen) atoms. The first-order valence-electron chi connectivity index (χ1n) is 20.2. The highest BCUT2D eigenvalue weighted by molar-refractivity contribution is 7.25. The van der Waals surface area contributed by atoms with Crippen molar-refractivity contribution >= 4 is 91.9 Å². The van der Waals surface area contributed by atoms with Gasteiger partial charge in [-0.25, -0.2) is 0 Å². The summed E-state index contributed by atoms with van der Waals surface area (Å²) in [6.07, 6.45) is 0. The molecule has 12 rings (SSSR count). The Balaban J connectivity index is 0.892. The second kappa shape index (κ2) is 13.6. The van der Waals surface area contributed by atoms with Gasteiger partial charge >= 0.3 is 0 Å². The van der Waals surface area contributed by atoms with Crippen LogP contribution in [0, 0.1) is 0 Å². The molecule has 0 amide bonds. The van der Waals surface area contributed by atoms with Gasteiger partial charge in [-0.05, 0) is 123 Å². The number of hydrogen-bond donors (Lipinski definition) is 0. The Hall–Kier alpha value is -7.46. The minimum absolute atomic E-state index is 1.11. The third-order valence-electron chi connectivity index (χ3n) is 12.0. The molecule has 0 bridgehead atoms. The van der Waals surface area contributed by atoms with Gasteiger partial charge in [-0.2, -0.15) is 0 Å². The summed E-state index contributed by atoms with van der Waals surface area (Å²) >= 11 is 1.88. The summed E-state index contributed by atoms with van der Waals surface area (Å²) < 4.78 is 5.09. The monoisotopic (exact) mass is 768 g/mol. The molecule has 0 saturated carbocycles. The Labute approximate surface area is 346 Å². The Morgan fingerprint density at radius 1 is 0.322 bits per heavy atom. The molecule has 12 aromatic rings. The average molecular weight is 769 g/mol. The van der Waals surface area contributed by atoms with Crippen LogP contribution in [-0.2, 0) is 0 Å². The zero-order valence-electron chi connectivity index (χ0n) is 32.1. The van der Waals surface area contributed by atoms with Gasteiger partial charge in [-0.1, -0.05) is 140 Å². The molecule has 2 aromatic heterocycles. The van der Waals surface area contributed by atoms with Crippen LogP contribution < -0.4 is 4.90 Å². The van der Waals surface area contributed by atoms with Gasteiger partial charge in [-0.15, -0.1) is 11.3 Å². The highest BCUT2D eigenvalue weighted by atomic mass is 32.1. The van der Waals surface area contributed by atoms with Crippen LogP contribution in [0.15, 0.2) is 218 Å². The number of fused-ring (bicyclic) bond motifs is 9. The molecule has 0 aliphatic carbocycles. The number of thiophene rings is 1. The number of benzene rings is 10. The first kappa shape index (κ1) is 33.7. The first-order valence-corrected chi connectivity index (χ1v) is 21.0.